The molecule has 0 radical (unpaired) electrons. The zero-order valence-electron chi connectivity index (χ0n) is 26.3. The first-order chi connectivity index (χ1) is 19.2. The highest BCUT2D eigenvalue weighted by atomic mass is 16.5. The summed E-state index contributed by atoms with van der Waals surface area (Å²) in [4.78, 5) is 41.8. The third-order valence-electron chi connectivity index (χ3n) is 14.1. The van der Waals surface area contributed by atoms with Gasteiger partial charge in [0.05, 0.1) is 5.41 Å². The lowest BCUT2D eigenvalue weighted by Crippen LogP contribution is -2.67. The van der Waals surface area contributed by atoms with E-state index in [1.165, 1.54) is 5.57 Å². The van der Waals surface area contributed by atoms with Gasteiger partial charge in [0, 0.05) is 17.8 Å². The maximum absolute atomic E-state index is 14.6. The van der Waals surface area contributed by atoms with Crippen molar-refractivity contribution in [1.82, 2.24) is 0 Å². The zero-order valence-corrected chi connectivity index (χ0v) is 26.3. The van der Waals surface area contributed by atoms with E-state index in [4.69, 9.17) is 4.74 Å². The molecule has 4 saturated carbocycles. The Morgan fingerprint density at radius 3 is 2.32 bits per heavy atom. The molecule has 0 saturated heterocycles. The van der Waals surface area contributed by atoms with E-state index in [1.54, 1.807) is 0 Å². The Labute approximate surface area is 247 Å². The SMILES string of the molecule is C[C@H]1[C@H](C)CC[C@]2(C(=O)OCc3ccccc3)CC[C@]3(C)C(=CC(=O)[C@@H]4[C@@]5(C)CCC(=O)C(C)(C)[C@@H]5CC[C@]43C)[C@H]12. The van der Waals surface area contributed by atoms with Crippen LogP contribution in [0.25, 0.3) is 0 Å². The summed E-state index contributed by atoms with van der Waals surface area (Å²) in [6.07, 6.45) is 8.90. The molecule has 0 N–H and O–H groups in total. The minimum Gasteiger partial charge on any atom is -0.460 e. The minimum absolute atomic E-state index is 0.0184. The smallest absolute Gasteiger partial charge is 0.313 e. The molecule has 0 aromatic heterocycles. The lowest BCUT2D eigenvalue weighted by Gasteiger charge is -2.70. The first-order valence-electron chi connectivity index (χ1n) is 16.2. The van der Waals surface area contributed by atoms with Gasteiger partial charge in [0.2, 0.25) is 0 Å². The number of rotatable bonds is 3. The first kappa shape index (κ1) is 28.9. The summed E-state index contributed by atoms with van der Waals surface area (Å²) in [5, 5.41) is 0. The van der Waals surface area contributed by atoms with Gasteiger partial charge in [-0.3, -0.25) is 14.4 Å². The van der Waals surface area contributed by atoms with Crippen molar-refractivity contribution in [1.29, 1.82) is 0 Å². The van der Waals surface area contributed by atoms with E-state index in [1.807, 2.05) is 36.4 Å². The van der Waals surface area contributed by atoms with E-state index in [9.17, 15) is 14.4 Å². The van der Waals surface area contributed by atoms with Crippen molar-refractivity contribution in [2.24, 2.45) is 56.7 Å². The standard InChI is InChI=1S/C37H50O4/c1-23-13-18-37(32(40)41-22-25-11-9-8-10-12-25)20-19-35(6)26(30(37)24(23)2)21-27(38)31-34(5)16-15-29(39)33(3,4)28(34)14-17-36(31,35)7/h8-12,21,23-24,28,30-31H,13-20,22H2,1-7H3/t23-,24+,28+,30+,31-,34+,35-,36-,37+/m1/s1. The van der Waals surface area contributed by atoms with Crippen molar-refractivity contribution in [2.45, 2.75) is 106 Å². The fourth-order valence-electron chi connectivity index (χ4n) is 11.3. The molecule has 0 bridgehead atoms. The Bertz CT molecular complexity index is 1290. The zero-order chi connectivity index (χ0) is 29.6. The molecule has 5 aliphatic carbocycles. The number of fused-ring (bicyclic) bond motifs is 7. The van der Waals surface area contributed by atoms with Gasteiger partial charge in [0.25, 0.3) is 0 Å². The number of esters is 1. The molecule has 0 amide bonds. The van der Waals surface area contributed by atoms with E-state index < -0.39 is 10.8 Å². The lowest BCUT2D eigenvalue weighted by molar-refractivity contribution is -0.194. The molecule has 6 rings (SSSR count). The van der Waals surface area contributed by atoms with Crippen LogP contribution in [0.5, 0.6) is 0 Å². The van der Waals surface area contributed by atoms with Gasteiger partial charge in [-0.15, -0.1) is 0 Å². The second-order valence-corrected chi connectivity index (χ2v) is 16.0. The lowest BCUT2D eigenvalue weighted by atomic mass is 9.33. The predicted octanol–water partition coefficient (Wildman–Crippen LogP) is 8.14. The van der Waals surface area contributed by atoms with Crippen LogP contribution in [0.3, 0.4) is 0 Å². The summed E-state index contributed by atoms with van der Waals surface area (Å²) >= 11 is 0. The van der Waals surface area contributed by atoms with Crippen LogP contribution in [0.2, 0.25) is 0 Å². The second-order valence-electron chi connectivity index (χ2n) is 16.0. The molecule has 4 heteroatoms. The summed E-state index contributed by atoms with van der Waals surface area (Å²) < 4.78 is 6.12. The van der Waals surface area contributed by atoms with Crippen LogP contribution < -0.4 is 0 Å². The van der Waals surface area contributed by atoms with E-state index in [0.717, 1.165) is 50.5 Å². The number of hydrogen-bond donors (Lipinski definition) is 0. The van der Waals surface area contributed by atoms with Crippen molar-refractivity contribution in [3.63, 3.8) is 0 Å². The Morgan fingerprint density at radius 2 is 1.61 bits per heavy atom. The summed E-state index contributed by atoms with van der Waals surface area (Å²) in [7, 11) is 0. The molecule has 0 unspecified atom stereocenters. The average Bonchev–Trinajstić information content (AvgIpc) is 2.93. The molecule has 222 valence electrons. The van der Waals surface area contributed by atoms with Gasteiger partial charge in [-0.1, -0.05) is 84.4 Å². The molecule has 1 aromatic rings. The molecule has 0 heterocycles. The number of Topliss-reactive ketones (excluding diaryl/α,β-unsaturated/α-hetero) is 1. The molecule has 5 aliphatic rings. The summed E-state index contributed by atoms with van der Waals surface area (Å²) in [6.45, 7) is 16.3. The van der Waals surface area contributed by atoms with E-state index in [2.05, 4.69) is 48.5 Å². The Balaban J connectivity index is 1.42. The largest absolute Gasteiger partial charge is 0.460 e. The summed E-state index contributed by atoms with van der Waals surface area (Å²) in [5.74, 6) is 1.46. The van der Waals surface area contributed by atoms with Crippen LogP contribution >= 0.6 is 0 Å². The molecular formula is C37H50O4. The van der Waals surface area contributed by atoms with E-state index >= 15 is 0 Å². The number of allylic oxidation sites excluding steroid dienone is 2. The van der Waals surface area contributed by atoms with Crippen molar-refractivity contribution < 1.29 is 19.1 Å². The van der Waals surface area contributed by atoms with E-state index in [-0.39, 0.29) is 45.8 Å². The highest BCUT2D eigenvalue weighted by Gasteiger charge is 2.71. The highest BCUT2D eigenvalue weighted by Crippen LogP contribution is 2.75. The van der Waals surface area contributed by atoms with Crippen LogP contribution in [-0.4, -0.2) is 17.5 Å². The molecule has 0 aliphatic heterocycles. The van der Waals surface area contributed by atoms with Crippen LogP contribution in [0.1, 0.15) is 105 Å². The number of carbonyl (C=O) groups excluding carboxylic acids is 3. The van der Waals surface area contributed by atoms with Gasteiger partial charge in [-0.2, -0.15) is 0 Å². The van der Waals surface area contributed by atoms with Gasteiger partial charge >= 0.3 is 5.97 Å². The van der Waals surface area contributed by atoms with Crippen LogP contribution in [-0.2, 0) is 25.7 Å². The number of hydrogen-bond acceptors (Lipinski definition) is 4. The minimum atomic E-state index is -0.574. The molecular weight excluding hydrogens is 508 g/mol. The fourth-order valence-corrected chi connectivity index (χ4v) is 11.3. The number of ether oxygens (including phenoxy) is 1. The summed E-state index contributed by atoms with van der Waals surface area (Å²) in [6, 6.07) is 9.95. The van der Waals surface area contributed by atoms with Gasteiger partial charge in [-0.25, -0.2) is 0 Å². The van der Waals surface area contributed by atoms with Crippen molar-refractivity contribution in [2.75, 3.05) is 0 Å². The third-order valence-corrected chi connectivity index (χ3v) is 14.1. The van der Waals surface area contributed by atoms with Crippen molar-refractivity contribution in [3.8, 4) is 0 Å². The van der Waals surface area contributed by atoms with Crippen molar-refractivity contribution >= 4 is 17.5 Å². The molecule has 1 aromatic carbocycles. The van der Waals surface area contributed by atoms with Gasteiger partial charge in [-0.05, 0) is 96.5 Å². The Morgan fingerprint density at radius 1 is 0.902 bits per heavy atom. The first-order valence-corrected chi connectivity index (χ1v) is 16.2. The second kappa shape index (κ2) is 9.38. The van der Waals surface area contributed by atoms with Gasteiger partial charge < -0.3 is 4.74 Å². The Hall–Kier alpha value is -2.23. The molecule has 41 heavy (non-hydrogen) atoms. The highest BCUT2D eigenvalue weighted by molar-refractivity contribution is 5.96. The predicted molar refractivity (Wildman–Crippen MR) is 161 cm³/mol. The quantitative estimate of drug-likeness (QED) is 0.351. The summed E-state index contributed by atoms with van der Waals surface area (Å²) in [5.41, 5.74) is 0.721. The number of ketones is 2. The van der Waals surface area contributed by atoms with E-state index in [0.29, 0.717) is 30.6 Å². The maximum Gasteiger partial charge on any atom is 0.313 e. The molecule has 0 spiro atoms. The number of carbonyl (C=O) groups is 3. The number of benzene rings is 1. The van der Waals surface area contributed by atoms with Crippen LogP contribution in [0.4, 0.5) is 0 Å². The average molecular weight is 559 g/mol. The van der Waals surface area contributed by atoms with Gasteiger partial charge in [0.1, 0.15) is 12.4 Å². The fraction of sp³-hybridized carbons (Fsp3) is 0.703. The molecule has 4 fully saturated rings. The van der Waals surface area contributed by atoms with Crippen LogP contribution in [0.15, 0.2) is 42.0 Å². The normalized spacial score (nSPS) is 45.0. The van der Waals surface area contributed by atoms with Crippen LogP contribution in [0, 0.1) is 56.7 Å². The van der Waals surface area contributed by atoms with Gasteiger partial charge in [0.15, 0.2) is 5.78 Å². The molecule has 4 nitrogen and oxygen atoms in total. The maximum atomic E-state index is 14.6. The Kier molecular flexibility index (Phi) is 6.61. The topological polar surface area (TPSA) is 60.4 Å². The van der Waals surface area contributed by atoms with Crippen molar-refractivity contribution in [3.05, 3.63) is 47.5 Å². The molecule has 9 atom stereocenters. The monoisotopic (exact) mass is 558 g/mol. The third kappa shape index (κ3) is 3.80.